The lowest BCUT2D eigenvalue weighted by Gasteiger charge is -2.30. The number of carbonyl (C=O) groups excluding carboxylic acids is 1. The van der Waals surface area contributed by atoms with Gasteiger partial charge in [-0.1, -0.05) is 13.8 Å². The highest BCUT2D eigenvalue weighted by Crippen LogP contribution is 2.33. The molecule has 4 heterocycles. The highest BCUT2D eigenvalue weighted by Gasteiger charge is 2.22. The van der Waals surface area contributed by atoms with E-state index in [-0.39, 0.29) is 30.0 Å². The topological polar surface area (TPSA) is 71.6 Å². The third-order valence-electron chi connectivity index (χ3n) is 5.15. The molecule has 0 bridgehead atoms. The number of fused-ring (bicyclic) bond motifs is 3. The molecular weight excluding hydrogens is 442 g/mol. The van der Waals surface area contributed by atoms with Crippen LogP contribution in [0, 0.1) is 0 Å². The average Bonchev–Trinajstić information content (AvgIpc) is 3.13. The molecule has 0 aromatic carbocycles. The predicted molar refractivity (Wildman–Crippen MR) is 115 cm³/mol. The molecule has 1 fully saturated rings. The van der Waals surface area contributed by atoms with Crippen molar-refractivity contribution in [3.8, 4) is 0 Å². The van der Waals surface area contributed by atoms with Crippen molar-refractivity contribution in [2.75, 3.05) is 20.1 Å². The Kier molecular flexibility index (Phi) is 5.32. The third kappa shape index (κ3) is 3.62. The number of hydrogen-bond acceptors (Lipinski definition) is 5. The van der Waals surface area contributed by atoms with E-state index in [1.54, 1.807) is 11.3 Å². The summed E-state index contributed by atoms with van der Waals surface area (Å²) in [6.45, 7) is 5.93. The Morgan fingerprint density at radius 3 is 2.93 bits per heavy atom. The number of likely N-dealkylation sites (N-methyl/N-ethyl adjacent to an activating group) is 1. The van der Waals surface area contributed by atoms with E-state index in [0.717, 1.165) is 45.8 Å². The van der Waals surface area contributed by atoms with Gasteiger partial charge >= 0.3 is 0 Å². The fourth-order valence-corrected chi connectivity index (χ4v) is 5.47. The molecule has 0 aliphatic carbocycles. The van der Waals surface area contributed by atoms with Crippen LogP contribution < -0.4 is 10.9 Å². The number of thiophene rings is 1. The number of halogens is 1. The van der Waals surface area contributed by atoms with E-state index in [4.69, 9.17) is 0 Å². The Labute approximate surface area is 175 Å². The van der Waals surface area contributed by atoms with Crippen molar-refractivity contribution in [3.05, 3.63) is 32.1 Å². The van der Waals surface area contributed by atoms with E-state index < -0.39 is 0 Å². The van der Waals surface area contributed by atoms with Crippen molar-refractivity contribution in [1.82, 2.24) is 24.4 Å². The fraction of sp³-hybridized carbons (Fsp3) is 0.526. The van der Waals surface area contributed by atoms with Crippen molar-refractivity contribution in [2.45, 2.75) is 45.2 Å². The van der Waals surface area contributed by atoms with Gasteiger partial charge in [-0.25, -0.2) is 4.68 Å². The zero-order valence-electron chi connectivity index (χ0n) is 16.2. The second kappa shape index (κ2) is 7.61. The van der Waals surface area contributed by atoms with E-state index >= 15 is 0 Å². The quantitative estimate of drug-likeness (QED) is 0.642. The van der Waals surface area contributed by atoms with Crippen LogP contribution in [-0.4, -0.2) is 51.2 Å². The van der Waals surface area contributed by atoms with Crippen LogP contribution in [0.25, 0.3) is 15.7 Å². The van der Waals surface area contributed by atoms with Gasteiger partial charge in [0, 0.05) is 23.9 Å². The van der Waals surface area contributed by atoms with Gasteiger partial charge in [0.25, 0.3) is 5.56 Å². The number of piperidine rings is 1. The molecule has 3 aromatic rings. The van der Waals surface area contributed by atoms with Gasteiger partial charge in [-0.05, 0) is 54.5 Å². The van der Waals surface area contributed by atoms with Crippen LogP contribution >= 0.6 is 27.3 Å². The molecule has 7 nitrogen and oxygen atoms in total. The Bertz CT molecular complexity index is 1100. The second-order valence-corrected chi connectivity index (χ2v) is 10.2. The number of amides is 1. The van der Waals surface area contributed by atoms with Crippen LogP contribution in [0.3, 0.4) is 0 Å². The maximum Gasteiger partial charge on any atom is 0.291 e. The molecule has 1 atom stereocenters. The normalized spacial score (nSPS) is 18.4. The monoisotopic (exact) mass is 465 g/mol. The summed E-state index contributed by atoms with van der Waals surface area (Å²) in [5.41, 5.74) is 0.331. The molecule has 4 rings (SSSR count). The van der Waals surface area contributed by atoms with Gasteiger partial charge in [-0.2, -0.15) is 5.10 Å². The zero-order valence-corrected chi connectivity index (χ0v) is 18.6. The Balaban J connectivity index is 1.68. The standard InChI is InChI=1S/C19H24BrN5O2S/c1-11(2)17-22-24(10-16(26)21-13-5-4-6-23(3)9-13)18(27)14-7-12-8-15(20)28-19(12)25(14)17/h7-8,11,13H,4-6,9-10H2,1-3H3,(H,21,26). The van der Waals surface area contributed by atoms with Crippen LogP contribution in [0.2, 0.25) is 0 Å². The molecule has 1 N–H and O–H groups in total. The molecule has 150 valence electrons. The SMILES string of the molecule is CC(C)c1nn(CC(=O)NC2CCCN(C)C2)c(=O)c2cc3cc(Br)sc3n12. The summed E-state index contributed by atoms with van der Waals surface area (Å²) in [5.74, 6) is 0.732. The van der Waals surface area contributed by atoms with E-state index in [1.807, 2.05) is 30.4 Å². The Morgan fingerprint density at radius 2 is 2.21 bits per heavy atom. The van der Waals surface area contributed by atoms with Crippen molar-refractivity contribution >= 4 is 48.9 Å². The lowest BCUT2D eigenvalue weighted by molar-refractivity contribution is -0.123. The highest BCUT2D eigenvalue weighted by molar-refractivity contribution is 9.11. The summed E-state index contributed by atoms with van der Waals surface area (Å²) in [5, 5.41) is 8.63. The Morgan fingerprint density at radius 1 is 1.43 bits per heavy atom. The summed E-state index contributed by atoms with van der Waals surface area (Å²) in [7, 11) is 2.06. The number of aromatic nitrogens is 3. The lowest BCUT2D eigenvalue weighted by Crippen LogP contribution is -2.48. The summed E-state index contributed by atoms with van der Waals surface area (Å²) in [6, 6.07) is 4.02. The van der Waals surface area contributed by atoms with Gasteiger partial charge in [0.1, 0.15) is 22.7 Å². The van der Waals surface area contributed by atoms with Gasteiger partial charge in [0.15, 0.2) is 0 Å². The first-order chi connectivity index (χ1) is 13.3. The summed E-state index contributed by atoms with van der Waals surface area (Å²) >= 11 is 5.09. The molecule has 0 saturated carbocycles. The lowest BCUT2D eigenvalue weighted by atomic mass is 10.1. The maximum atomic E-state index is 13.0. The fourth-order valence-electron chi connectivity index (χ4n) is 3.87. The summed E-state index contributed by atoms with van der Waals surface area (Å²) in [6.07, 6.45) is 2.04. The minimum atomic E-state index is -0.236. The average molecular weight is 466 g/mol. The predicted octanol–water partition coefficient (Wildman–Crippen LogP) is 2.81. The highest BCUT2D eigenvalue weighted by atomic mass is 79.9. The van der Waals surface area contributed by atoms with E-state index in [2.05, 4.69) is 38.3 Å². The van der Waals surface area contributed by atoms with E-state index in [1.165, 1.54) is 4.68 Å². The third-order valence-corrected chi connectivity index (χ3v) is 6.79. The van der Waals surface area contributed by atoms with Crippen LogP contribution in [0.4, 0.5) is 0 Å². The van der Waals surface area contributed by atoms with Crippen molar-refractivity contribution in [2.24, 2.45) is 0 Å². The zero-order chi connectivity index (χ0) is 20.0. The molecule has 0 radical (unpaired) electrons. The molecule has 1 aliphatic rings. The molecule has 1 amide bonds. The van der Waals surface area contributed by atoms with Crippen molar-refractivity contribution in [1.29, 1.82) is 0 Å². The van der Waals surface area contributed by atoms with Gasteiger partial charge in [-0.15, -0.1) is 11.3 Å². The molecule has 1 unspecified atom stereocenters. The molecule has 9 heteroatoms. The molecule has 1 aliphatic heterocycles. The number of nitrogens with zero attached hydrogens (tertiary/aromatic N) is 4. The van der Waals surface area contributed by atoms with Crippen molar-refractivity contribution < 1.29 is 4.79 Å². The number of rotatable bonds is 4. The first-order valence-corrected chi connectivity index (χ1v) is 11.1. The van der Waals surface area contributed by atoms with Crippen LogP contribution in [0.15, 0.2) is 20.7 Å². The number of nitrogens with one attached hydrogen (secondary N) is 1. The summed E-state index contributed by atoms with van der Waals surface area (Å²) in [4.78, 5) is 28.8. The van der Waals surface area contributed by atoms with Gasteiger partial charge in [0.2, 0.25) is 5.91 Å². The van der Waals surface area contributed by atoms with Crippen LogP contribution in [-0.2, 0) is 11.3 Å². The largest absolute Gasteiger partial charge is 0.350 e. The van der Waals surface area contributed by atoms with Gasteiger partial charge < -0.3 is 10.2 Å². The minimum absolute atomic E-state index is 0.0577. The molecule has 3 aromatic heterocycles. The number of likely N-dealkylation sites (tertiary alicyclic amines) is 1. The van der Waals surface area contributed by atoms with Crippen LogP contribution in [0.5, 0.6) is 0 Å². The van der Waals surface area contributed by atoms with Gasteiger partial charge in [-0.3, -0.25) is 14.0 Å². The van der Waals surface area contributed by atoms with E-state index in [0.29, 0.717) is 5.52 Å². The first-order valence-electron chi connectivity index (χ1n) is 9.53. The molecule has 1 saturated heterocycles. The second-order valence-electron chi connectivity index (χ2n) is 7.82. The smallest absolute Gasteiger partial charge is 0.291 e. The minimum Gasteiger partial charge on any atom is -0.350 e. The van der Waals surface area contributed by atoms with Crippen LogP contribution in [0.1, 0.15) is 38.4 Å². The maximum absolute atomic E-state index is 13.0. The number of carbonyl (C=O) groups is 1. The molecular formula is C19H24BrN5O2S. The van der Waals surface area contributed by atoms with Gasteiger partial charge in [0.05, 0.1) is 3.79 Å². The van der Waals surface area contributed by atoms with E-state index in [9.17, 15) is 9.59 Å². The summed E-state index contributed by atoms with van der Waals surface area (Å²) < 4.78 is 4.26. The van der Waals surface area contributed by atoms with Crippen molar-refractivity contribution in [3.63, 3.8) is 0 Å². The number of hydrogen-bond donors (Lipinski definition) is 1. The molecule has 0 spiro atoms. The molecule has 28 heavy (non-hydrogen) atoms. The first kappa shape index (κ1) is 19.6. The Hall–Kier alpha value is -1.71.